The molecule has 1 heterocycles. The summed E-state index contributed by atoms with van der Waals surface area (Å²) >= 11 is 0. The van der Waals surface area contributed by atoms with Crippen LogP contribution in [0, 0.1) is 0 Å². The van der Waals surface area contributed by atoms with Crippen molar-refractivity contribution in [3.63, 3.8) is 0 Å². The second-order valence-corrected chi connectivity index (χ2v) is 7.75. The molecule has 1 aromatic carbocycles. The maximum absolute atomic E-state index is 12.9. The van der Waals surface area contributed by atoms with E-state index in [1.807, 2.05) is 24.3 Å². The quantitative estimate of drug-likeness (QED) is 0.848. The van der Waals surface area contributed by atoms with Crippen LogP contribution in [0.25, 0.3) is 0 Å². The van der Waals surface area contributed by atoms with Gasteiger partial charge in [-0.2, -0.15) is 0 Å². The fourth-order valence-electron chi connectivity index (χ4n) is 3.94. The Labute approximate surface area is 155 Å². The number of carbonyl (C=O) groups excluding carboxylic acids is 1. The van der Waals surface area contributed by atoms with Crippen LogP contribution in [0.4, 0.5) is 0 Å². The maximum Gasteiger partial charge on any atom is 0.267 e. The predicted molar refractivity (Wildman–Crippen MR) is 102 cm³/mol. The first-order valence-electron chi connectivity index (χ1n) is 9.24. The van der Waals surface area contributed by atoms with E-state index in [1.165, 1.54) is 12.8 Å². The summed E-state index contributed by atoms with van der Waals surface area (Å²) in [5.74, 6) is 0.622. The zero-order valence-electron chi connectivity index (χ0n) is 16.2. The number of nitrogens with zero attached hydrogens (tertiary/aromatic N) is 2. The lowest BCUT2D eigenvalue weighted by Gasteiger charge is -2.37. The number of rotatable bonds is 6. The molecule has 1 fully saturated rings. The summed E-state index contributed by atoms with van der Waals surface area (Å²) in [6.45, 7) is 2.44. The Kier molecular flexibility index (Phi) is 5.23. The van der Waals surface area contributed by atoms with Crippen molar-refractivity contribution in [1.29, 1.82) is 0 Å². The van der Waals surface area contributed by atoms with Crippen molar-refractivity contribution < 1.29 is 14.4 Å². The lowest BCUT2D eigenvalue weighted by molar-refractivity contribution is -0.142. The highest BCUT2D eigenvalue weighted by Crippen LogP contribution is 2.34. The molecule has 1 aromatic rings. The number of methoxy groups -OCH3 is 1. The first-order chi connectivity index (χ1) is 12.4. The normalized spacial score (nSPS) is 24.3. The van der Waals surface area contributed by atoms with Crippen LogP contribution < -0.4 is 10.1 Å². The minimum Gasteiger partial charge on any atom is -0.496 e. The van der Waals surface area contributed by atoms with Crippen molar-refractivity contribution in [2.45, 2.75) is 50.2 Å². The van der Waals surface area contributed by atoms with Crippen LogP contribution in [0.15, 0.2) is 29.4 Å². The van der Waals surface area contributed by atoms with E-state index in [0.29, 0.717) is 13.0 Å². The lowest BCUT2D eigenvalue weighted by atomic mass is 9.92. The minimum absolute atomic E-state index is 0.0525. The van der Waals surface area contributed by atoms with Gasteiger partial charge in [0.25, 0.3) is 5.91 Å². The average Bonchev–Trinajstić information content (AvgIpc) is 3.28. The molecule has 0 saturated heterocycles. The Morgan fingerprint density at radius 2 is 2.00 bits per heavy atom. The number of likely N-dealkylation sites (N-methyl/N-ethyl adjacent to an activating group) is 1. The summed E-state index contributed by atoms with van der Waals surface area (Å²) in [6, 6.07) is 7.66. The first kappa shape index (κ1) is 18.7. The molecule has 6 heteroatoms. The molecule has 0 aromatic heterocycles. The number of oxime groups is 1. The van der Waals surface area contributed by atoms with Crippen molar-refractivity contribution in [3.8, 4) is 5.75 Å². The molecule has 3 rings (SSSR count). The van der Waals surface area contributed by atoms with Gasteiger partial charge in [0.2, 0.25) is 5.60 Å². The van der Waals surface area contributed by atoms with Crippen LogP contribution in [0.1, 0.15) is 44.6 Å². The van der Waals surface area contributed by atoms with Crippen molar-refractivity contribution in [3.05, 3.63) is 29.8 Å². The van der Waals surface area contributed by atoms with Gasteiger partial charge in [-0.3, -0.25) is 4.79 Å². The number of nitrogens with one attached hydrogen (secondary N) is 1. The van der Waals surface area contributed by atoms with Crippen LogP contribution in [0.3, 0.4) is 0 Å². The van der Waals surface area contributed by atoms with Crippen LogP contribution in [-0.4, -0.2) is 55.4 Å². The zero-order valence-corrected chi connectivity index (χ0v) is 16.2. The van der Waals surface area contributed by atoms with Crippen LogP contribution in [0.5, 0.6) is 5.75 Å². The minimum atomic E-state index is -0.984. The number of benzene rings is 1. The van der Waals surface area contributed by atoms with Gasteiger partial charge in [0, 0.05) is 24.1 Å². The van der Waals surface area contributed by atoms with Crippen molar-refractivity contribution in [2.24, 2.45) is 5.16 Å². The molecule has 2 aliphatic rings. The summed E-state index contributed by atoms with van der Waals surface area (Å²) in [4.78, 5) is 20.7. The van der Waals surface area contributed by atoms with E-state index >= 15 is 0 Å². The monoisotopic (exact) mass is 359 g/mol. The molecule has 1 aliphatic heterocycles. The molecule has 142 valence electrons. The highest BCUT2D eigenvalue weighted by Gasteiger charge is 2.44. The van der Waals surface area contributed by atoms with Crippen LogP contribution >= 0.6 is 0 Å². The Hall–Kier alpha value is -2.08. The van der Waals surface area contributed by atoms with Crippen molar-refractivity contribution in [2.75, 3.05) is 27.7 Å². The highest BCUT2D eigenvalue weighted by molar-refractivity contribution is 6.07. The third-order valence-electron chi connectivity index (χ3n) is 5.82. The number of hydrogen-bond acceptors (Lipinski definition) is 5. The molecule has 6 nitrogen and oxygen atoms in total. The fourth-order valence-corrected chi connectivity index (χ4v) is 3.94. The third-order valence-corrected chi connectivity index (χ3v) is 5.82. The summed E-state index contributed by atoms with van der Waals surface area (Å²) in [5.41, 5.74) is 0.676. The number of amides is 1. The molecule has 0 spiro atoms. The number of ether oxygens (including phenoxy) is 1. The van der Waals surface area contributed by atoms with E-state index in [4.69, 9.17) is 9.57 Å². The van der Waals surface area contributed by atoms with Gasteiger partial charge in [0.1, 0.15) is 5.75 Å². The largest absolute Gasteiger partial charge is 0.496 e. The molecule has 1 saturated carbocycles. The van der Waals surface area contributed by atoms with Gasteiger partial charge in [-0.25, -0.2) is 0 Å². The third kappa shape index (κ3) is 3.43. The van der Waals surface area contributed by atoms with Crippen molar-refractivity contribution in [1.82, 2.24) is 10.2 Å². The molecule has 1 amide bonds. The summed E-state index contributed by atoms with van der Waals surface area (Å²) in [6.07, 6.45) is 5.07. The maximum atomic E-state index is 12.9. The van der Waals surface area contributed by atoms with E-state index < -0.39 is 5.60 Å². The smallest absolute Gasteiger partial charge is 0.267 e. The van der Waals surface area contributed by atoms with E-state index in [0.717, 1.165) is 29.9 Å². The molecule has 1 aliphatic carbocycles. The van der Waals surface area contributed by atoms with E-state index in [-0.39, 0.29) is 11.4 Å². The molecule has 1 atom stereocenters. The zero-order chi connectivity index (χ0) is 18.8. The standard InChI is InChI=1S/C20H29N3O3/c1-19(18(24)21-14-20(23(2)3)11-7-8-12-20)13-16(22-26-19)15-9-5-6-10-17(15)25-4/h5-6,9-10H,7-8,11-14H2,1-4H3,(H,21,24)/t19-/m0/s1. The summed E-state index contributed by atoms with van der Waals surface area (Å²) in [7, 11) is 5.81. The topological polar surface area (TPSA) is 63.2 Å². The van der Waals surface area contributed by atoms with Crippen LogP contribution in [-0.2, 0) is 9.63 Å². The molecular weight excluding hydrogens is 330 g/mol. The lowest BCUT2D eigenvalue weighted by Crippen LogP contribution is -2.54. The van der Waals surface area contributed by atoms with E-state index in [9.17, 15) is 4.79 Å². The van der Waals surface area contributed by atoms with Gasteiger partial charge < -0.3 is 19.8 Å². The SMILES string of the molecule is COc1ccccc1C1=NO[C@](C)(C(=O)NCC2(N(C)C)CCCC2)C1. The second kappa shape index (κ2) is 7.27. The highest BCUT2D eigenvalue weighted by atomic mass is 16.7. The van der Waals surface area contributed by atoms with E-state index in [2.05, 4.69) is 29.5 Å². The molecule has 1 N–H and O–H groups in total. The van der Waals surface area contributed by atoms with Crippen molar-refractivity contribution >= 4 is 11.6 Å². The Morgan fingerprint density at radius 1 is 1.31 bits per heavy atom. The first-order valence-corrected chi connectivity index (χ1v) is 9.24. The van der Waals surface area contributed by atoms with Gasteiger partial charge in [-0.1, -0.05) is 30.1 Å². The number of hydrogen-bond donors (Lipinski definition) is 1. The fraction of sp³-hybridized carbons (Fsp3) is 0.600. The molecule has 0 bridgehead atoms. The molecule has 0 radical (unpaired) electrons. The predicted octanol–water partition coefficient (Wildman–Crippen LogP) is 2.57. The van der Waals surface area contributed by atoms with Crippen LogP contribution in [0.2, 0.25) is 0 Å². The van der Waals surface area contributed by atoms with Gasteiger partial charge >= 0.3 is 0 Å². The summed E-state index contributed by atoms with van der Waals surface area (Å²) in [5, 5.41) is 7.31. The molecule has 0 unspecified atom stereocenters. The molecular formula is C20H29N3O3. The average molecular weight is 359 g/mol. The van der Waals surface area contributed by atoms with Gasteiger partial charge in [0.05, 0.1) is 12.8 Å². The van der Waals surface area contributed by atoms with Gasteiger partial charge in [-0.05, 0) is 46.0 Å². The number of para-hydroxylation sites is 1. The number of carbonyl (C=O) groups is 1. The second-order valence-electron chi connectivity index (χ2n) is 7.75. The Bertz CT molecular complexity index is 695. The molecule has 26 heavy (non-hydrogen) atoms. The van der Waals surface area contributed by atoms with Gasteiger partial charge in [0.15, 0.2) is 0 Å². The Balaban J connectivity index is 1.66. The summed E-state index contributed by atoms with van der Waals surface area (Å²) < 4.78 is 5.40. The Morgan fingerprint density at radius 3 is 2.65 bits per heavy atom. The van der Waals surface area contributed by atoms with E-state index in [1.54, 1.807) is 14.0 Å². The van der Waals surface area contributed by atoms with Gasteiger partial charge in [-0.15, -0.1) is 0 Å².